The molecule has 1 saturated heterocycles. The third-order valence-corrected chi connectivity index (χ3v) is 5.01. The van der Waals surface area contributed by atoms with Crippen molar-refractivity contribution >= 4 is 17.2 Å². The highest BCUT2D eigenvalue weighted by atomic mass is 32.1. The number of rotatable bonds is 5. The van der Waals surface area contributed by atoms with E-state index >= 15 is 0 Å². The first kappa shape index (κ1) is 15.2. The van der Waals surface area contributed by atoms with Gasteiger partial charge in [0.25, 0.3) is 0 Å². The van der Waals surface area contributed by atoms with E-state index in [1.807, 2.05) is 23.8 Å². The molecule has 0 aliphatic carbocycles. The molecular formula is C17H21N3OS. The van der Waals surface area contributed by atoms with Crippen LogP contribution in [0.1, 0.15) is 23.3 Å². The molecule has 116 valence electrons. The molecule has 0 saturated carbocycles. The molecular weight excluding hydrogens is 294 g/mol. The van der Waals surface area contributed by atoms with Crippen molar-refractivity contribution in [3.8, 4) is 0 Å². The molecule has 0 atom stereocenters. The minimum atomic E-state index is 0.161. The van der Waals surface area contributed by atoms with Crippen LogP contribution >= 0.6 is 11.3 Å². The summed E-state index contributed by atoms with van der Waals surface area (Å²) in [6.07, 6.45) is 5.56. The molecule has 1 fully saturated rings. The normalized spacial score (nSPS) is 16.5. The van der Waals surface area contributed by atoms with E-state index < -0.39 is 0 Å². The van der Waals surface area contributed by atoms with Crippen molar-refractivity contribution in [2.24, 2.45) is 5.92 Å². The van der Waals surface area contributed by atoms with E-state index in [9.17, 15) is 4.79 Å². The van der Waals surface area contributed by atoms with Gasteiger partial charge in [0.15, 0.2) is 0 Å². The number of piperidine rings is 1. The standard InChI is InChI=1S/C17H21N3OS/c21-17(19-12-16-2-1-11-22-16)15-5-9-20(10-6-15)13-14-3-7-18-8-4-14/h1-4,7-8,11,15H,5-6,9-10,12-13H2,(H,19,21). The molecule has 0 unspecified atom stereocenters. The van der Waals surface area contributed by atoms with Crippen molar-refractivity contribution in [1.29, 1.82) is 0 Å². The number of hydrogen-bond acceptors (Lipinski definition) is 4. The van der Waals surface area contributed by atoms with Crippen LogP contribution in [0.25, 0.3) is 0 Å². The van der Waals surface area contributed by atoms with Crippen LogP contribution in [0.4, 0.5) is 0 Å². The second-order valence-corrected chi connectivity index (χ2v) is 6.74. The van der Waals surface area contributed by atoms with E-state index in [0.717, 1.165) is 32.5 Å². The van der Waals surface area contributed by atoms with Crippen molar-refractivity contribution in [1.82, 2.24) is 15.2 Å². The van der Waals surface area contributed by atoms with Crippen LogP contribution in [-0.4, -0.2) is 28.9 Å². The Morgan fingerprint density at radius 1 is 1.27 bits per heavy atom. The number of aromatic nitrogens is 1. The number of carbonyl (C=O) groups is 1. The number of amides is 1. The van der Waals surface area contributed by atoms with E-state index in [0.29, 0.717) is 6.54 Å². The van der Waals surface area contributed by atoms with Gasteiger partial charge in [0.2, 0.25) is 5.91 Å². The van der Waals surface area contributed by atoms with Crippen LogP contribution < -0.4 is 5.32 Å². The third kappa shape index (κ3) is 4.15. The summed E-state index contributed by atoms with van der Waals surface area (Å²) in [6.45, 7) is 3.58. The zero-order valence-corrected chi connectivity index (χ0v) is 13.4. The summed E-state index contributed by atoms with van der Waals surface area (Å²) in [5.41, 5.74) is 1.29. The van der Waals surface area contributed by atoms with Gasteiger partial charge in [-0.25, -0.2) is 0 Å². The number of nitrogens with zero attached hydrogens (tertiary/aromatic N) is 2. The highest BCUT2D eigenvalue weighted by Crippen LogP contribution is 2.19. The fourth-order valence-electron chi connectivity index (χ4n) is 2.83. The summed E-state index contributed by atoms with van der Waals surface area (Å²) in [4.78, 5) is 19.9. The Kier molecular flexibility index (Phi) is 5.19. The predicted molar refractivity (Wildman–Crippen MR) is 88.4 cm³/mol. The lowest BCUT2D eigenvalue weighted by atomic mass is 9.95. The minimum Gasteiger partial charge on any atom is -0.351 e. The zero-order chi connectivity index (χ0) is 15.2. The minimum absolute atomic E-state index is 0.161. The summed E-state index contributed by atoms with van der Waals surface area (Å²) >= 11 is 1.69. The Balaban J connectivity index is 1.42. The van der Waals surface area contributed by atoms with Crippen molar-refractivity contribution in [3.05, 3.63) is 52.5 Å². The molecule has 0 spiro atoms. The monoisotopic (exact) mass is 315 g/mol. The van der Waals surface area contributed by atoms with Gasteiger partial charge in [0, 0.05) is 29.7 Å². The predicted octanol–water partition coefficient (Wildman–Crippen LogP) is 2.67. The molecule has 0 aromatic carbocycles. The molecule has 2 aromatic rings. The first-order chi connectivity index (χ1) is 10.8. The fourth-order valence-corrected chi connectivity index (χ4v) is 3.48. The van der Waals surface area contributed by atoms with E-state index in [1.165, 1.54) is 10.4 Å². The number of likely N-dealkylation sites (tertiary alicyclic amines) is 1. The van der Waals surface area contributed by atoms with Crippen molar-refractivity contribution in [2.45, 2.75) is 25.9 Å². The average Bonchev–Trinajstić information content (AvgIpc) is 3.08. The average molecular weight is 315 g/mol. The molecule has 2 aromatic heterocycles. The van der Waals surface area contributed by atoms with E-state index in [1.54, 1.807) is 11.3 Å². The maximum Gasteiger partial charge on any atom is 0.223 e. The lowest BCUT2D eigenvalue weighted by molar-refractivity contribution is -0.126. The molecule has 1 N–H and O–H groups in total. The summed E-state index contributed by atoms with van der Waals surface area (Å²) < 4.78 is 0. The molecule has 1 amide bonds. The molecule has 3 rings (SSSR count). The van der Waals surface area contributed by atoms with Gasteiger partial charge in [0.1, 0.15) is 0 Å². The van der Waals surface area contributed by atoms with Gasteiger partial charge in [-0.2, -0.15) is 0 Å². The Morgan fingerprint density at radius 2 is 2.05 bits per heavy atom. The molecule has 3 heterocycles. The molecule has 1 aliphatic rings. The van der Waals surface area contributed by atoms with Crippen molar-refractivity contribution in [3.63, 3.8) is 0 Å². The Hall–Kier alpha value is -1.72. The summed E-state index contributed by atoms with van der Waals surface area (Å²) in [5.74, 6) is 0.366. The number of pyridine rings is 1. The third-order valence-electron chi connectivity index (χ3n) is 4.13. The van der Waals surface area contributed by atoms with Gasteiger partial charge < -0.3 is 5.32 Å². The number of nitrogens with one attached hydrogen (secondary N) is 1. The van der Waals surface area contributed by atoms with Crippen LogP contribution in [0.2, 0.25) is 0 Å². The largest absolute Gasteiger partial charge is 0.351 e. The molecule has 0 bridgehead atoms. The van der Waals surface area contributed by atoms with Gasteiger partial charge in [-0.1, -0.05) is 6.07 Å². The number of thiophene rings is 1. The zero-order valence-electron chi connectivity index (χ0n) is 12.6. The van der Waals surface area contributed by atoms with E-state index in [-0.39, 0.29) is 11.8 Å². The highest BCUT2D eigenvalue weighted by Gasteiger charge is 2.24. The maximum absolute atomic E-state index is 12.2. The lowest BCUT2D eigenvalue weighted by Crippen LogP contribution is -2.39. The van der Waals surface area contributed by atoms with Gasteiger partial charge in [-0.15, -0.1) is 11.3 Å². The lowest BCUT2D eigenvalue weighted by Gasteiger charge is -2.31. The first-order valence-corrected chi connectivity index (χ1v) is 8.60. The molecule has 22 heavy (non-hydrogen) atoms. The van der Waals surface area contributed by atoms with Gasteiger partial charge in [-0.3, -0.25) is 14.7 Å². The van der Waals surface area contributed by atoms with E-state index in [2.05, 4.69) is 33.4 Å². The van der Waals surface area contributed by atoms with Crippen molar-refractivity contribution < 1.29 is 4.79 Å². The maximum atomic E-state index is 12.2. The Morgan fingerprint density at radius 3 is 2.73 bits per heavy atom. The molecule has 0 radical (unpaired) electrons. The molecule has 4 nitrogen and oxygen atoms in total. The van der Waals surface area contributed by atoms with Gasteiger partial charge >= 0.3 is 0 Å². The smallest absolute Gasteiger partial charge is 0.223 e. The van der Waals surface area contributed by atoms with Gasteiger partial charge in [-0.05, 0) is 55.1 Å². The number of carbonyl (C=O) groups excluding carboxylic acids is 1. The summed E-state index contributed by atoms with van der Waals surface area (Å²) in [5, 5.41) is 5.10. The summed E-state index contributed by atoms with van der Waals surface area (Å²) in [7, 11) is 0. The quantitative estimate of drug-likeness (QED) is 0.922. The second kappa shape index (κ2) is 7.51. The molecule has 1 aliphatic heterocycles. The molecule has 5 heteroatoms. The summed E-state index contributed by atoms with van der Waals surface area (Å²) in [6, 6.07) is 8.19. The topological polar surface area (TPSA) is 45.2 Å². The van der Waals surface area contributed by atoms with Crippen LogP contribution in [-0.2, 0) is 17.9 Å². The SMILES string of the molecule is O=C(NCc1cccs1)C1CCN(Cc2ccncc2)CC1. The Bertz CT molecular complexity index is 577. The first-order valence-electron chi connectivity index (χ1n) is 7.72. The number of hydrogen-bond donors (Lipinski definition) is 1. The van der Waals surface area contributed by atoms with Crippen LogP contribution in [0, 0.1) is 5.92 Å². The second-order valence-electron chi connectivity index (χ2n) is 5.70. The van der Waals surface area contributed by atoms with Crippen molar-refractivity contribution in [2.75, 3.05) is 13.1 Å². The van der Waals surface area contributed by atoms with Crippen LogP contribution in [0.3, 0.4) is 0 Å². The van der Waals surface area contributed by atoms with Crippen LogP contribution in [0.15, 0.2) is 42.0 Å². The van der Waals surface area contributed by atoms with E-state index in [4.69, 9.17) is 0 Å². The fraction of sp³-hybridized carbons (Fsp3) is 0.412. The van der Waals surface area contributed by atoms with Crippen LogP contribution in [0.5, 0.6) is 0 Å². The van der Waals surface area contributed by atoms with Gasteiger partial charge in [0.05, 0.1) is 6.54 Å². The highest BCUT2D eigenvalue weighted by molar-refractivity contribution is 7.09. The Labute approximate surface area is 135 Å².